The highest BCUT2D eigenvalue weighted by molar-refractivity contribution is 6.26. The Bertz CT molecular complexity index is 208. The largest absolute Gasteiger partial charge is 0.421 e. The topological polar surface area (TPSA) is 9.23 Å². The first-order chi connectivity index (χ1) is 5.79. The zero-order chi connectivity index (χ0) is 8.81. The average Bonchev–Trinajstić information content (AvgIpc) is 2.05. The van der Waals surface area contributed by atoms with Crippen LogP contribution in [0.4, 0.5) is 0 Å². The van der Waals surface area contributed by atoms with Crippen LogP contribution in [0.5, 0.6) is 0 Å². The van der Waals surface area contributed by atoms with Gasteiger partial charge in [0.05, 0.1) is 0 Å². The van der Waals surface area contributed by atoms with E-state index in [4.69, 9.17) is 4.43 Å². The van der Waals surface area contributed by atoms with Gasteiger partial charge < -0.3 is 4.43 Å². The number of hydrogen-bond acceptors (Lipinski definition) is 1. The summed E-state index contributed by atoms with van der Waals surface area (Å²) in [5.74, 6) is 0. The second-order valence-electron chi connectivity index (χ2n) is 3.16. The van der Waals surface area contributed by atoms with Gasteiger partial charge in [-0.1, -0.05) is 30.3 Å². The fourth-order valence-corrected chi connectivity index (χ4v) is 2.22. The predicted octanol–water partition coefficient (Wildman–Crippen LogP) is 1.70. The Morgan fingerprint density at radius 2 is 1.92 bits per heavy atom. The molecule has 0 saturated carbocycles. The van der Waals surface area contributed by atoms with E-state index in [-0.39, 0.29) is 9.76 Å². The standard InChI is InChI=1S/C10H16OSi/c1-9(2)11-12-8-10-6-4-3-5-7-10/h3-7,9H,8,12H2,1-2H3. The summed E-state index contributed by atoms with van der Waals surface area (Å²) in [5.41, 5.74) is 1.41. The summed E-state index contributed by atoms with van der Waals surface area (Å²) in [6.45, 7) is 4.19. The van der Waals surface area contributed by atoms with Gasteiger partial charge in [-0.05, 0) is 25.5 Å². The molecular formula is C10H16OSi. The molecule has 0 fully saturated rings. The van der Waals surface area contributed by atoms with Crippen molar-refractivity contribution in [3.05, 3.63) is 35.9 Å². The lowest BCUT2D eigenvalue weighted by Gasteiger charge is -2.06. The summed E-state index contributed by atoms with van der Waals surface area (Å²) in [5, 5.41) is 0. The van der Waals surface area contributed by atoms with Gasteiger partial charge in [0.25, 0.3) is 0 Å². The molecule has 0 unspecified atom stereocenters. The molecule has 0 radical (unpaired) electrons. The zero-order valence-electron chi connectivity index (χ0n) is 7.79. The molecule has 12 heavy (non-hydrogen) atoms. The van der Waals surface area contributed by atoms with E-state index in [2.05, 4.69) is 38.1 Å². The molecule has 1 nitrogen and oxygen atoms in total. The molecule has 0 heterocycles. The fourth-order valence-electron chi connectivity index (χ4n) is 1.06. The predicted molar refractivity (Wildman–Crippen MR) is 54.9 cm³/mol. The molecule has 0 aliphatic carbocycles. The van der Waals surface area contributed by atoms with Crippen LogP contribution in [0.2, 0.25) is 0 Å². The molecule has 0 atom stereocenters. The minimum absolute atomic E-state index is 0.334. The van der Waals surface area contributed by atoms with Gasteiger partial charge in [-0.25, -0.2) is 0 Å². The summed E-state index contributed by atoms with van der Waals surface area (Å²) >= 11 is 0. The molecule has 0 aromatic heterocycles. The van der Waals surface area contributed by atoms with Gasteiger partial charge in [-0.2, -0.15) is 0 Å². The number of hydrogen-bond donors (Lipinski definition) is 0. The zero-order valence-corrected chi connectivity index (χ0v) is 9.20. The van der Waals surface area contributed by atoms with Crippen molar-refractivity contribution in [2.45, 2.75) is 26.0 Å². The van der Waals surface area contributed by atoms with Crippen LogP contribution in [0.25, 0.3) is 0 Å². The van der Waals surface area contributed by atoms with Gasteiger partial charge in [0.15, 0.2) is 9.76 Å². The summed E-state index contributed by atoms with van der Waals surface area (Å²) in [6, 6.07) is 11.7. The van der Waals surface area contributed by atoms with Crippen LogP contribution in [0.3, 0.4) is 0 Å². The van der Waals surface area contributed by atoms with E-state index >= 15 is 0 Å². The molecule has 1 rings (SSSR count). The van der Waals surface area contributed by atoms with E-state index in [0.29, 0.717) is 6.10 Å². The lowest BCUT2D eigenvalue weighted by atomic mass is 10.2. The third-order valence-corrected chi connectivity index (χ3v) is 3.37. The molecule has 0 saturated heterocycles. The highest BCUT2D eigenvalue weighted by atomic mass is 28.2. The summed E-state index contributed by atoms with van der Waals surface area (Å²) in [6.07, 6.45) is 0.403. The smallest absolute Gasteiger partial charge is 0.166 e. The van der Waals surface area contributed by atoms with Crippen LogP contribution in [0.1, 0.15) is 19.4 Å². The maximum atomic E-state index is 5.58. The molecular weight excluding hydrogens is 164 g/mol. The first kappa shape index (κ1) is 9.48. The van der Waals surface area contributed by atoms with E-state index in [1.54, 1.807) is 0 Å². The minimum Gasteiger partial charge on any atom is -0.421 e. The summed E-state index contributed by atoms with van der Waals surface area (Å²) < 4.78 is 5.58. The highest BCUT2D eigenvalue weighted by Crippen LogP contribution is 1.99. The van der Waals surface area contributed by atoms with Crippen molar-refractivity contribution in [1.82, 2.24) is 0 Å². The van der Waals surface area contributed by atoms with Crippen molar-refractivity contribution >= 4 is 9.76 Å². The SMILES string of the molecule is CC(C)O[SiH2]Cc1ccccc1. The molecule has 66 valence electrons. The van der Waals surface area contributed by atoms with E-state index in [1.807, 2.05) is 6.07 Å². The van der Waals surface area contributed by atoms with E-state index in [9.17, 15) is 0 Å². The van der Waals surface area contributed by atoms with Crippen molar-refractivity contribution in [1.29, 1.82) is 0 Å². The fraction of sp³-hybridized carbons (Fsp3) is 0.400. The Morgan fingerprint density at radius 3 is 2.50 bits per heavy atom. The minimum atomic E-state index is -0.334. The van der Waals surface area contributed by atoms with Crippen LogP contribution >= 0.6 is 0 Å². The molecule has 0 amide bonds. The van der Waals surface area contributed by atoms with Crippen LogP contribution in [-0.2, 0) is 10.5 Å². The molecule has 2 heteroatoms. The number of rotatable bonds is 4. The van der Waals surface area contributed by atoms with Crippen LogP contribution in [0.15, 0.2) is 30.3 Å². The quantitative estimate of drug-likeness (QED) is 0.641. The van der Waals surface area contributed by atoms with Gasteiger partial charge >= 0.3 is 0 Å². The van der Waals surface area contributed by atoms with E-state index < -0.39 is 0 Å². The average molecular weight is 180 g/mol. The van der Waals surface area contributed by atoms with Crippen molar-refractivity contribution in [2.75, 3.05) is 0 Å². The monoisotopic (exact) mass is 180 g/mol. The molecule has 0 N–H and O–H groups in total. The maximum Gasteiger partial charge on any atom is 0.166 e. The third kappa shape index (κ3) is 3.69. The number of benzene rings is 1. The summed E-state index contributed by atoms with van der Waals surface area (Å²) in [7, 11) is -0.334. The van der Waals surface area contributed by atoms with Gasteiger partial charge in [-0.15, -0.1) is 0 Å². The Kier molecular flexibility index (Phi) is 4.04. The second-order valence-corrected chi connectivity index (χ2v) is 4.40. The second kappa shape index (κ2) is 5.12. The molecule has 0 aliphatic heterocycles. The highest BCUT2D eigenvalue weighted by Gasteiger charge is 1.94. The van der Waals surface area contributed by atoms with Gasteiger partial charge in [0, 0.05) is 6.10 Å². The van der Waals surface area contributed by atoms with Gasteiger partial charge in [-0.3, -0.25) is 0 Å². The lowest BCUT2D eigenvalue weighted by Crippen LogP contribution is -2.09. The first-order valence-electron chi connectivity index (χ1n) is 4.44. The molecule has 1 aromatic carbocycles. The Balaban J connectivity index is 2.25. The molecule has 1 aromatic rings. The maximum absolute atomic E-state index is 5.58. The Morgan fingerprint density at radius 1 is 1.25 bits per heavy atom. The van der Waals surface area contributed by atoms with Gasteiger partial charge in [0.1, 0.15) is 0 Å². The molecule has 0 bridgehead atoms. The third-order valence-electron chi connectivity index (χ3n) is 1.68. The van der Waals surface area contributed by atoms with Crippen LogP contribution in [-0.4, -0.2) is 15.9 Å². The van der Waals surface area contributed by atoms with Crippen LogP contribution < -0.4 is 0 Å². The Hall–Kier alpha value is -0.603. The normalized spacial score (nSPS) is 11.6. The van der Waals surface area contributed by atoms with Crippen molar-refractivity contribution in [3.63, 3.8) is 0 Å². The first-order valence-corrected chi connectivity index (χ1v) is 6.02. The molecule has 0 spiro atoms. The van der Waals surface area contributed by atoms with Crippen LogP contribution in [0, 0.1) is 0 Å². The Labute approximate surface area is 76.7 Å². The summed E-state index contributed by atoms with van der Waals surface area (Å²) in [4.78, 5) is 0. The van der Waals surface area contributed by atoms with Crippen molar-refractivity contribution < 1.29 is 4.43 Å². The van der Waals surface area contributed by atoms with Crippen molar-refractivity contribution in [2.24, 2.45) is 0 Å². The van der Waals surface area contributed by atoms with E-state index in [1.165, 1.54) is 5.56 Å². The van der Waals surface area contributed by atoms with E-state index in [0.717, 1.165) is 6.04 Å². The lowest BCUT2D eigenvalue weighted by molar-refractivity contribution is 0.255. The molecule has 0 aliphatic rings. The van der Waals surface area contributed by atoms with Gasteiger partial charge in [0.2, 0.25) is 0 Å². The van der Waals surface area contributed by atoms with Crippen molar-refractivity contribution in [3.8, 4) is 0 Å².